The van der Waals surface area contributed by atoms with E-state index in [2.05, 4.69) is 17.2 Å². The SMILES string of the molecule is C=CCNC(=O)NC(=O)CN1CCCC(C=O)C1. The number of rotatable bonds is 5. The smallest absolute Gasteiger partial charge is 0.321 e. The summed E-state index contributed by atoms with van der Waals surface area (Å²) in [5, 5.41) is 4.68. The van der Waals surface area contributed by atoms with Gasteiger partial charge in [-0.25, -0.2) is 4.79 Å². The van der Waals surface area contributed by atoms with Crippen LogP contribution >= 0.6 is 0 Å². The van der Waals surface area contributed by atoms with Gasteiger partial charge in [-0.15, -0.1) is 6.58 Å². The highest BCUT2D eigenvalue weighted by molar-refractivity contribution is 5.95. The zero-order valence-corrected chi connectivity index (χ0v) is 10.4. The summed E-state index contributed by atoms with van der Waals surface area (Å²) < 4.78 is 0. The maximum atomic E-state index is 11.6. The Bertz CT molecular complexity index is 331. The second-order valence-corrected chi connectivity index (χ2v) is 4.32. The van der Waals surface area contributed by atoms with Crippen molar-refractivity contribution in [3.05, 3.63) is 12.7 Å². The standard InChI is InChI=1S/C12H19N3O3/c1-2-5-13-12(18)14-11(17)8-15-6-3-4-10(7-15)9-16/h2,9-10H,1,3-8H2,(H2,13,14,17,18). The van der Waals surface area contributed by atoms with Crippen molar-refractivity contribution < 1.29 is 14.4 Å². The van der Waals surface area contributed by atoms with Crippen LogP contribution in [0.25, 0.3) is 0 Å². The first-order valence-corrected chi connectivity index (χ1v) is 6.02. The normalized spacial score (nSPS) is 19.9. The lowest BCUT2D eigenvalue weighted by Crippen LogP contribution is -2.47. The average Bonchev–Trinajstić information content (AvgIpc) is 2.36. The second kappa shape index (κ2) is 7.60. The molecule has 0 spiro atoms. The number of hydrogen-bond donors (Lipinski definition) is 2. The van der Waals surface area contributed by atoms with E-state index in [9.17, 15) is 14.4 Å². The van der Waals surface area contributed by atoms with E-state index in [1.54, 1.807) is 0 Å². The largest absolute Gasteiger partial charge is 0.334 e. The summed E-state index contributed by atoms with van der Waals surface area (Å²) >= 11 is 0. The molecule has 6 heteroatoms. The Morgan fingerprint density at radius 1 is 1.44 bits per heavy atom. The number of likely N-dealkylation sites (tertiary alicyclic amines) is 1. The van der Waals surface area contributed by atoms with E-state index in [1.807, 2.05) is 4.90 Å². The zero-order valence-electron chi connectivity index (χ0n) is 10.4. The average molecular weight is 253 g/mol. The van der Waals surface area contributed by atoms with Crippen LogP contribution in [-0.2, 0) is 9.59 Å². The topological polar surface area (TPSA) is 78.5 Å². The van der Waals surface area contributed by atoms with Gasteiger partial charge in [-0.3, -0.25) is 15.0 Å². The molecular weight excluding hydrogens is 234 g/mol. The summed E-state index contributed by atoms with van der Waals surface area (Å²) in [4.78, 5) is 35.3. The molecule has 3 amide bonds. The minimum absolute atomic E-state index is 0.00106. The van der Waals surface area contributed by atoms with E-state index >= 15 is 0 Å². The molecule has 100 valence electrons. The summed E-state index contributed by atoms with van der Waals surface area (Å²) in [6, 6.07) is -0.524. The first-order chi connectivity index (χ1) is 8.65. The summed E-state index contributed by atoms with van der Waals surface area (Å²) in [5.41, 5.74) is 0. The molecular formula is C12H19N3O3. The van der Waals surface area contributed by atoms with Crippen LogP contribution in [0.4, 0.5) is 4.79 Å². The Kier molecular flexibility index (Phi) is 6.07. The van der Waals surface area contributed by atoms with E-state index in [-0.39, 0.29) is 18.4 Å². The number of piperidine rings is 1. The van der Waals surface area contributed by atoms with Crippen molar-refractivity contribution in [1.29, 1.82) is 0 Å². The molecule has 2 N–H and O–H groups in total. The van der Waals surface area contributed by atoms with Crippen LogP contribution in [0, 0.1) is 5.92 Å². The van der Waals surface area contributed by atoms with Crippen molar-refractivity contribution in [2.45, 2.75) is 12.8 Å². The number of carbonyl (C=O) groups excluding carboxylic acids is 3. The Morgan fingerprint density at radius 3 is 2.89 bits per heavy atom. The number of carbonyl (C=O) groups is 3. The van der Waals surface area contributed by atoms with Crippen LogP contribution in [-0.4, -0.2) is 49.3 Å². The predicted octanol–water partition coefficient (Wildman–Crippen LogP) is -0.0909. The van der Waals surface area contributed by atoms with E-state index < -0.39 is 6.03 Å². The van der Waals surface area contributed by atoms with Gasteiger partial charge >= 0.3 is 6.03 Å². The molecule has 1 atom stereocenters. The van der Waals surface area contributed by atoms with Gasteiger partial charge in [-0.2, -0.15) is 0 Å². The molecule has 1 saturated heterocycles. The minimum atomic E-state index is -0.524. The Labute approximate surface area is 106 Å². The van der Waals surface area contributed by atoms with Gasteiger partial charge in [0.05, 0.1) is 6.54 Å². The molecule has 0 aromatic heterocycles. The zero-order chi connectivity index (χ0) is 13.4. The molecule has 0 aromatic rings. The van der Waals surface area contributed by atoms with Crippen molar-refractivity contribution in [3.8, 4) is 0 Å². The highest BCUT2D eigenvalue weighted by atomic mass is 16.2. The first kappa shape index (κ1) is 14.4. The van der Waals surface area contributed by atoms with Gasteiger partial charge in [0.1, 0.15) is 6.29 Å². The molecule has 1 aliphatic rings. The van der Waals surface area contributed by atoms with Gasteiger partial charge in [0.25, 0.3) is 0 Å². The summed E-state index contributed by atoms with van der Waals surface area (Å²) in [5.74, 6) is -0.357. The van der Waals surface area contributed by atoms with Gasteiger partial charge in [0.2, 0.25) is 5.91 Å². The number of nitrogens with one attached hydrogen (secondary N) is 2. The second-order valence-electron chi connectivity index (χ2n) is 4.32. The van der Waals surface area contributed by atoms with Crippen molar-refractivity contribution in [1.82, 2.24) is 15.5 Å². The molecule has 1 heterocycles. The van der Waals surface area contributed by atoms with Crippen molar-refractivity contribution in [2.24, 2.45) is 5.92 Å². The number of nitrogens with zero attached hydrogens (tertiary/aromatic N) is 1. The van der Waals surface area contributed by atoms with Gasteiger partial charge in [-0.05, 0) is 19.4 Å². The maximum Gasteiger partial charge on any atom is 0.321 e. The van der Waals surface area contributed by atoms with Crippen LogP contribution in [0.2, 0.25) is 0 Å². The molecule has 0 aliphatic carbocycles. The minimum Gasteiger partial charge on any atom is -0.334 e. The van der Waals surface area contributed by atoms with Crippen LogP contribution in [0.1, 0.15) is 12.8 Å². The maximum absolute atomic E-state index is 11.6. The lowest BCUT2D eigenvalue weighted by Gasteiger charge is -2.29. The monoisotopic (exact) mass is 253 g/mol. The van der Waals surface area contributed by atoms with E-state index in [1.165, 1.54) is 6.08 Å². The fourth-order valence-electron chi connectivity index (χ4n) is 1.92. The van der Waals surface area contributed by atoms with Gasteiger partial charge in [-0.1, -0.05) is 6.08 Å². The Morgan fingerprint density at radius 2 is 2.22 bits per heavy atom. The first-order valence-electron chi connectivity index (χ1n) is 6.02. The molecule has 18 heavy (non-hydrogen) atoms. The lowest BCUT2D eigenvalue weighted by molar-refractivity contribution is -0.122. The molecule has 1 unspecified atom stereocenters. The third-order valence-corrected chi connectivity index (χ3v) is 2.76. The van der Waals surface area contributed by atoms with Crippen LogP contribution < -0.4 is 10.6 Å². The van der Waals surface area contributed by atoms with E-state index in [4.69, 9.17) is 0 Å². The highest BCUT2D eigenvalue weighted by Crippen LogP contribution is 2.13. The third kappa shape index (κ3) is 5.09. The number of urea groups is 1. The van der Waals surface area contributed by atoms with Gasteiger partial charge in [0.15, 0.2) is 0 Å². The quantitative estimate of drug-likeness (QED) is 0.530. The van der Waals surface area contributed by atoms with Crippen LogP contribution in [0.3, 0.4) is 0 Å². The molecule has 6 nitrogen and oxygen atoms in total. The van der Waals surface area contributed by atoms with Crippen molar-refractivity contribution >= 4 is 18.2 Å². The molecule has 0 saturated carbocycles. The summed E-state index contributed by atoms with van der Waals surface area (Å²) in [7, 11) is 0. The highest BCUT2D eigenvalue weighted by Gasteiger charge is 2.21. The van der Waals surface area contributed by atoms with Gasteiger partial charge < -0.3 is 10.1 Å². The molecule has 1 aliphatic heterocycles. The summed E-state index contributed by atoms with van der Waals surface area (Å²) in [6.07, 6.45) is 4.24. The summed E-state index contributed by atoms with van der Waals surface area (Å²) in [6.45, 7) is 5.29. The molecule has 1 fully saturated rings. The third-order valence-electron chi connectivity index (χ3n) is 2.76. The number of aldehydes is 1. The van der Waals surface area contributed by atoms with Crippen molar-refractivity contribution in [3.63, 3.8) is 0 Å². The van der Waals surface area contributed by atoms with Crippen molar-refractivity contribution in [2.75, 3.05) is 26.2 Å². The number of imide groups is 1. The van der Waals surface area contributed by atoms with Crippen LogP contribution in [0.15, 0.2) is 12.7 Å². The van der Waals surface area contributed by atoms with E-state index in [0.29, 0.717) is 13.1 Å². The predicted molar refractivity (Wildman–Crippen MR) is 67.0 cm³/mol. The lowest BCUT2D eigenvalue weighted by atomic mass is 10.00. The number of amides is 3. The molecule has 1 rings (SSSR count). The molecule has 0 bridgehead atoms. The van der Waals surface area contributed by atoms with Gasteiger partial charge in [0, 0.05) is 19.0 Å². The molecule has 0 radical (unpaired) electrons. The fraction of sp³-hybridized carbons (Fsp3) is 0.583. The fourth-order valence-corrected chi connectivity index (χ4v) is 1.92. The number of hydrogen-bond acceptors (Lipinski definition) is 4. The van der Waals surface area contributed by atoms with Crippen LogP contribution in [0.5, 0.6) is 0 Å². The van der Waals surface area contributed by atoms with E-state index in [0.717, 1.165) is 25.7 Å². The molecule has 0 aromatic carbocycles. The Balaban J connectivity index is 2.28. The Hall–Kier alpha value is -1.69.